The van der Waals surface area contributed by atoms with E-state index >= 15 is 0 Å². The maximum Gasteiger partial charge on any atom is 0.241 e. The van der Waals surface area contributed by atoms with E-state index in [1.54, 1.807) is 7.11 Å². The zero-order valence-electron chi connectivity index (χ0n) is 13.4. The summed E-state index contributed by atoms with van der Waals surface area (Å²) in [5, 5.41) is 0. The number of ether oxygens (including phenoxy) is 1. The lowest BCUT2D eigenvalue weighted by molar-refractivity contribution is -0.135. The number of methoxy groups -OCH3 is 1. The number of hydrogen-bond donors (Lipinski definition) is 1. The van der Waals surface area contributed by atoms with E-state index in [0.29, 0.717) is 11.8 Å². The summed E-state index contributed by atoms with van der Waals surface area (Å²) in [5.74, 6) is 1.06. The normalized spacial score (nSPS) is 22.8. The number of carbonyl (C=O) groups excluding carboxylic acids is 1. The second-order valence-corrected chi connectivity index (χ2v) is 5.82. The van der Waals surface area contributed by atoms with Crippen molar-refractivity contribution < 1.29 is 9.53 Å². The molecule has 1 aliphatic heterocycles. The Bertz CT molecular complexity index is 455. The molecule has 0 bridgehead atoms. The molecule has 5 heteroatoms. The van der Waals surface area contributed by atoms with Gasteiger partial charge >= 0.3 is 0 Å². The van der Waals surface area contributed by atoms with Crippen molar-refractivity contribution in [2.24, 2.45) is 11.7 Å². The quantitative estimate of drug-likeness (QED) is 0.904. The highest BCUT2D eigenvalue weighted by Crippen LogP contribution is 2.34. The Labute approximate surface area is 139 Å². The summed E-state index contributed by atoms with van der Waals surface area (Å²) >= 11 is 0. The van der Waals surface area contributed by atoms with Crippen LogP contribution in [0.2, 0.25) is 0 Å². The van der Waals surface area contributed by atoms with Crippen LogP contribution in [0.3, 0.4) is 0 Å². The van der Waals surface area contributed by atoms with Gasteiger partial charge in [-0.15, -0.1) is 12.4 Å². The molecule has 3 unspecified atom stereocenters. The summed E-state index contributed by atoms with van der Waals surface area (Å²) in [7, 11) is 1.57. The van der Waals surface area contributed by atoms with Gasteiger partial charge in [-0.1, -0.05) is 43.7 Å². The van der Waals surface area contributed by atoms with Gasteiger partial charge in [-0.3, -0.25) is 4.79 Å². The molecular weight excluding hydrogens is 300 g/mol. The number of amides is 1. The molecule has 1 aliphatic rings. The second-order valence-electron chi connectivity index (χ2n) is 5.82. The first-order valence-corrected chi connectivity index (χ1v) is 7.75. The second kappa shape index (κ2) is 9.13. The van der Waals surface area contributed by atoms with Crippen molar-refractivity contribution in [1.29, 1.82) is 0 Å². The van der Waals surface area contributed by atoms with Crippen LogP contribution < -0.4 is 5.73 Å². The topological polar surface area (TPSA) is 55.6 Å². The maximum atomic E-state index is 12.3. The van der Waals surface area contributed by atoms with Crippen LogP contribution in [-0.4, -0.2) is 43.7 Å². The van der Waals surface area contributed by atoms with Crippen molar-refractivity contribution in [2.75, 3.05) is 26.8 Å². The van der Waals surface area contributed by atoms with Crippen LogP contribution in [0.5, 0.6) is 0 Å². The number of benzene rings is 1. The fourth-order valence-corrected chi connectivity index (χ4v) is 3.27. The van der Waals surface area contributed by atoms with Crippen LogP contribution in [-0.2, 0) is 9.53 Å². The van der Waals surface area contributed by atoms with Gasteiger partial charge < -0.3 is 15.4 Å². The minimum atomic E-state index is -0.541. The molecule has 2 N–H and O–H groups in total. The van der Waals surface area contributed by atoms with Gasteiger partial charge in [0.2, 0.25) is 5.91 Å². The van der Waals surface area contributed by atoms with Gasteiger partial charge in [-0.2, -0.15) is 0 Å². The first-order valence-electron chi connectivity index (χ1n) is 7.75. The minimum absolute atomic E-state index is 0. The monoisotopic (exact) mass is 326 g/mol. The molecular formula is C17H27ClN2O2. The zero-order valence-corrected chi connectivity index (χ0v) is 14.2. The number of piperidine rings is 1. The molecule has 0 radical (unpaired) electrons. The van der Waals surface area contributed by atoms with Crippen LogP contribution >= 0.6 is 12.4 Å². The Morgan fingerprint density at radius 1 is 1.41 bits per heavy atom. The van der Waals surface area contributed by atoms with Gasteiger partial charge in [-0.25, -0.2) is 0 Å². The van der Waals surface area contributed by atoms with E-state index in [1.165, 1.54) is 5.56 Å². The zero-order chi connectivity index (χ0) is 15.2. The van der Waals surface area contributed by atoms with Gasteiger partial charge in [0.05, 0.1) is 6.61 Å². The lowest BCUT2D eigenvalue weighted by Gasteiger charge is -2.39. The summed E-state index contributed by atoms with van der Waals surface area (Å²) in [6, 6.07) is 10.1. The number of halogens is 1. The molecule has 1 aromatic rings. The van der Waals surface area contributed by atoms with Gasteiger partial charge in [-0.05, 0) is 23.8 Å². The summed E-state index contributed by atoms with van der Waals surface area (Å²) in [4.78, 5) is 14.2. The highest BCUT2D eigenvalue weighted by molar-refractivity contribution is 5.85. The first-order chi connectivity index (χ1) is 10.2. The fourth-order valence-electron chi connectivity index (χ4n) is 3.27. The Balaban J connectivity index is 0.00000242. The van der Waals surface area contributed by atoms with E-state index in [4.69, 9.17) is 10.5 Å². The summed E-state index contributed by atoms with van der Waals surface area (Å²) in [6.45, 7) is 4.07. The number of carbonyl (C=O) groups is 1. The highest BCUT2D eigenvalue weighted by Gasteiger charge is 2.32. The summed E-state index contributed by atoms with van der Waals surface area (Å²) in [5.41, 5.74) is 7.26. The van der Waals surface area contributed by atoms with Gasteiger partial charge in [0, 0.05) is 20.2 Å². The average Bonchev–Trinajstić information content (AvgIpc) is 2.54. The van der Waals surface area contributed by atoms with Crippen molar-refractivity contribution in [3.8, 4) is 0 Å². The van der Waals surface area contributed by atoms with E-state index in [1.807, 2.05) is 11.0 Å². The molecule has 0 aromatic heterocycles. The van der Waals surface area contributed by atoms with E-state index < -0.39 is 6.04 Å². The number of likely N-dealkylation sites (tertiary alicyclic amines) is 1. The third-order valence-electron chi connectivity index (χ3n) is 4.46. The molecule has 3 atom stereocenters. The van der Waals surface area contributed by atoms with Crippen LogP contribution in [0.1, 0.15) is 31.2 Å². The van der Waals surface area contributed by atoms with E-state index in [0.717, 1.165) is 25.9 Å². The molecule has 1 saturated heterocycles. The van der Waals surface area contributed by atoms with Crippen molar-refractivity contribution >= 4 is 18.3 Å². The molecule has 0 aliphatic carbocycles. The van der Waals surface area contributed by atoms with Crippen molar-refractivity contribution in [2.45, 2.75) is 31.7 Å². The molecule has 1 amide bonds. The Morgan fingerprint density at radius 3 is 2.68 bits per heavy atom. The van der Waals surface area contributed by atoms with Crippen LogP contribution in [0.15, 0.2) is 30.3 Å². The number of nitrogens with zero attached hydrogens (tertiary/aromatic N) is 1. The van der Waals surface area contributed by atoms with E-state index in [-0.39, 0.29) is 24.9 Å². The molecule has 2 rings (SSSR count). The van der Waals surface area contributed by atoms with Crippen molar-refractivity contribution in [3.63, 3.8) is 0 Å². The van der Waals surface area contributed by atoms with Crippen LogP contribution in [0.4, 0.5) is 0 Å². The number of hydrogen-bond acceptors (Lipinski definition) is 3. The standard InChI is InChI=1S/C17H26N2O2.ClH/c1-3-13-11-19(17(20)16(18)12-21-2)10-9-15(13)14-7-5-4-6-8-14;/h4-8,13,15-16H,3,9-12,18H2,1-2H3;1H. The molecule has 1 heterocycles. The van der Waals surface area contributed by atoms with Crippen LogP contribution in [0, 0.1) is 5.92 Å². The van der Waals surface area contributed by atoms with Crippen LogP contribution in [0.25, 0.3) is 0 Å². The average molecular weight is 327 g/mol. The molecule has 4 nitrogen and oxygen atoms in total. The van der Waals surface area contributed by atoms with Crippen molar-refractivity contribution in [3.05, 3.63) is 35.9 Å². The lowest BCUT2D eigenvalue weighted by Crippen LogP contribution is -2.51. The predicted octanol–water partition coefficient (Wildman–Crippen LogP) is 2.42. The van der Waals surface area contributed by atoms with Gasteiger partial charge in [0.1, 0.15) is 6.04 Å². The first kappa shape index (κ1) is 18.9. The maximum absolute atomic E-state index is 12.3. The summed E-state index contributed by atoms with van der Waals surface area (Å²) in [6.07, 6.45) is 2.08. The lowest BCUT2D eigenvalue weighted by atomic mass is 9.79. The minimum Gasteiger partial charge on any atom is -0.383 e. The molecule has 124 valence electrons. The highest BCUT2D eigenvalue weighted by atomic mass is 35.5. The smallest absolute Gasteiger partial charge is 0.241 e. The number of rotatable bonds is 5. The molecule has 0 spiro atoms. The Kier molecular flexibility index (Phi) is 7.87. The molecule has 22 heavy (non-hydrogen) atoms. The van der Waals surface area contributed by atoms with Gasteiger partial charge in [0.15, 0.2) is 0 Å². The van der Waals surface area contributed by atoms with E-state index in [9.17, 15) is 4.79 Å². The summed E-state index contributed by atoms with van der Waals surface area (Å²) < 4.78 is 4.99. The Morgan fingerprint density at radius 2 is 2.09 bits per heavy atom. The molecule has 1 aromatic carbocycles. The fraction of sp³-hybridized carbons (Fsp3) is 0.588. The number of nitrogens with two attached hydrogens (primary N) is 1. The third kappa shape index (κ3) is 4.45. The molecule has 1 fully saturated rings. The molecule has 0 saturated carbocycles. The predicted molar refractivity (Wildman–Crippen MR) is 91.3 cm³/mol. The third-order valence-corrected chi connectivity index (χ3v) is 4.46. The SMILES string of the molecule is CCC1CN(C(=O)C(N)COC)CCC1c1ccccc1.Cl. The van der Waals surface area contributed by atoms with Gasteiger partial charge in [0.25, 0.3) is 0 Å². The van der Waals surface area contributed by atoms with E-state index in [2.05, 4.69) is 31.2 Å². The van der Waals surface area contributed by atoms with Crippen molar-refractivity contribution in [1.82, 2.24) is 4.90 Å². The largest absolute Gasteiger partial charge is 0.383 e. The Hall–Kier alpha value is -1.10.